The zero-order valence-corrected chi connectivity index (χ0v) is 12.0. The average molecular weight is 285 g/mol. The zero-order valence-electron chi connectivity index (χ0n) is 12.0. The molecule has 0 spiro atoms. The molecule has 1 aliphatic rings. The summed E-state index contributed by atoms with van der Waals surface area (Å²) in [6.07, 6.45) is -0.0214. The van der Waals surface area contributed by atoms with Crippen molar-refractivity contribution in [2.24, 2.45) is 0 Å². The molecule has 3 rings (SSSR count). The van der Waals surface area contributed by atoms with Crippen LogP contribution in [0.4, 0.5) is 0 Å². The molecule has 21 heavy (non-hydrogen) atoms. The van der Waals surface area contributed by atoms with Gasteiger partial charge in [-0.15, -0.1) is 0 Å². The molecule has 110 valence electrons. The normalized spacial score (nSPS) is 16.7. The topological polar surface area (TPSA) is 50.7 Å². The van der Waals surface area contributed by atoms with Crippen molar-refractivity contribution >= 4 is 0 Å². The summed E-state index contributed by atoms with van der Waals surface area (Å²) in [6.45, 7) is 3.70. The Labute approximate surface area is 124 Å². The lowest BCUT2D eigenvalue weighted by atomic mass is 10.1. The second kappa shape index (κ2) is 6.06. The first-order chi connectivity index (χ1) is 10.2. The van der Waals surface area contributed by atoms with E-state index in [2.05, 4.69) is 5.32 Å². The van der Waals surface area contributed by atoms with Crippen LogP contribution in [0.25, 0.3) is 0 Å². The maximum Gasteiger partial charge on any atom is 0.161 e. The molecule has 2 aromatic carbocycles. The summed E-state index contributed by atoms with van der Waals surface area (Å²) < 4.78 is 11.5. The van der Waals surface area contributed by atoms with Crippen molar-refractivity contribution < 1.29 is 14.6 Å². The van der Waals surface area contributed by atoms with E-state index in [1.54, 1.807) is 0 Å². The van der Waals surface area contributed by atoms with E-state index in [4.69, 9.17) is 9.47 Å². The monoisotopic (exact) mass is 285 g/mol. The van der Waals surface area contributed by atoms with Crippen molar-refractivity contribution in [1.29, 1.82) is 0 Å². The molecular weight excluding hydrogens is 266 g/mol. The molecule has 4 heteroatoms. The molecule has 0 fully saturated rings. The summed E-state index contributed by atoms with van der Waals surface area (Å²) in [7, 11) is 0. The summed E-state index contributed by atoms with van der Waals surface area (Å²) in [5, 5.41) is 13.3. The van der Waals surface area contributed by atoms with Crippen LogP contribution in [0.5, 0.6) is 17.2 Å². The molecule has 1 aliphatic heterocycles. The van der Waals surface area contributed by atoms with Crippen molar-refractivity contribution in [2.75, 3.05) is 13.2 Å². The number of nitrogens with one attached hydrogen (secondary N) is 1. The van der Waals surface area contributed by atoms with Crippen LogP contribution in [0.15, 0.2) is 42.5 Å². The summed E-state index contributed by atoms with van der Waals surface area (Å²) in [5.41, 5.74) is 1.78. The minimum atomic E-state index is -0.0214. The molecule has 2 aromatic rings. The number of hydrogen-bond donors (Lipinski definition) is 2. The summed E-state index contributed by atoms with van der Waals surface area (Å²) in [4.78, 5) is 0. The Bertz CT molecular complexity index is 627. The van der Waals surface area contributed by atoms with Crippen molar-refractivity contribution in [3.8, 4) is 17.2 Å². The summed E-state index contributed by atoms with van der Waals surface area (Å²) >= 11 is 0. The maximum atomic E-state index is 9.97. The Morgan fingerprint density at radius 2 is 1.95 bits per heavy atom. The fourth-order valence-electron chi connectivity index (χ4n) is 2.39. The smallest absolute Gasteiger partial charge is 0.161 e. The SMILES string of the molecule is Cc1cccc(CNCC2COc3ccccc3O2)c1O. The number of aromatic hydroxyl groups is 1. The molecule has 0 saturated carbocycles. The highest BCUT2D eigenvalue weighted by atomic mass is 16.6. The third kappa shape index (κ3) is 3.11. The van der Waals surface area contributed by atoms with E-state index < -0.39 is 0 Å². The molecule has 0 aromatic heterocycles. The number of aryl methyl sites for hydroxylation is 1. The number of benzene rings is 2. The lowest BCUT2D eigenvalue weighted by molar-refractivity contribution is 0.0902. The van der Waals surface area contributed by atoms with Gasteiger partial charge in [0, 0.05) is 18.7 Å². The van der Waals surface area contributed by atoms with E-state index in [-0.39, 0.29) is 6.10 Å². The van der Waals surface area contributed by atoms with Gasteiger partial charge in [0.1, 0.15) is 18.5 Å². The van der Waals surface area contributed by atoms with Crippen LogP contribution in [0.1, 0.15) is 11.1 Å². The van der Waals surface area contributed by atoms with Crippen LogP contribution < -0.4 is 14.8 Å². The molecule has 0 amide bonds. The first kappa shape index (κ1) is 13.8. The summed E-state index contributed by atoms with van der Waals surface area (Å²) in [6, 6.07) is 13.4. The number of rotatable bonds is 4. The molecule has 0 bridgehead atoms. The van der Waals surface area contributed by atoms with E-state index in [9.17, 15) is 5.11 Å². The first-order valence-electron chi connectivity index (χ1n) is 7.10. The number of phenols is 1. The van der Waals surface area contributed by atoms with Gasteiger partial charge in [-0.3, -0.25) is 0 Å². The van der Waals surface area contributed by atoms with Crippen LogP contribution in [0, 0.1) is 6.92 Å². The fourth-order valence-corrected chi connectivity index (χ4v) is 2.39. The maximum absolute atomic E-state index is 9.97. The van der Waals surface area contributed by atoms with Crippen LogP contribution >= 0.6 is 0 Å². The van der Waals surface area contributed by atoms with Crippen LogP contribution in [0.3, 0.4) is 0 Å². The highest BCUT2D eigenvalue weighted by molar-refractivity contribution is 5.41. The van der Waals surface area contributed by atoms with Gasteiger partial charge < -0.3 is 19.9 Å². The van der Waals surface area contributed by atoms with Gasteiger partial charge in [0.05, 0.1) is 0 Å². The van der Waals surface area contributed by atoms with Crippen LogP contribution in [0.2, 0.25) is 0 Å². The molecular formula is C17H19NO3. The van der Waals surface area contributed by atoms with Gasteiger partial charge in [0.2, 0.25) is 0 Å². The third-order valence-electron chi connectivity index (χ3n) is 3.58. The van der Waals surface area contributed by atoms with E-state index in [1.807, 2.05) is 49.4 Å². The van der Waals surface area contributed by atoms with Crippen molar-refractivity contribution in [3.63, 3.8) is 0 Å². The second-order valence-electron chi connectivity index (χ2n) is 5.21. The molecule has 2 N–H and O–H groups in total. The molecule has 1 atom stereocenters. The molecule has 4 nitrogen and oxygen atoms in total. The van der Waals surface area contributed by atoms with Crippen molar-refractivity contribution in [3.05, 3.63) is 53.6 Å². The number of ether oxygens (including phenoxy) is 2. The Morgan fingerprint density at radius 1 is 1.14 bits per heavy atom. The van der Waals surface area contributed by atoms with Crippen molar-refractivity contribution in [1.82, 2.24) is 5.32 Å². The minimum Gasteiger partial charge on any atom is -0.507 e. The van der Waals surface area contributed by atoms with E-state index in [0.29, 0.717) is 25.4 Å². The molecule has 0 aliphatic carbocycles. The van der Waals surface area contributed by atoms with Gasteiger partial charge in [0.25, 0.3) is 0 Å². The third-order valence-corrected chi connectivity index (χ3v) is 3.58. The molecule has 0 radical (unpaired) electrons. The fraction of sp³-hybridized carbons (Fsp3) is 0.294. The molecule has 1 unspecified atom stereocenters. The van der Waals surface area contributed by atoms with Gasteiger partial charge in [-0.25, -0.2) is 0 Å². The Balaban J connectivity index is 1.54. The van der Waals surface area contributed by atoms with E-state index in [1.165, 1.54) is 0 Å². The quantitative estimate of drug-likeness (QED) is 0.906. The van der Waals surface area contributed by atoms with Gasteiger partial charge in [0.15, 0.2) is 11.5 Å². The zero-order chi connectivity index (χ0) is 14.7. The van der Waals surface area contributed by atoms with Gasteiger partial charge in [-0.05, 0) is 24.6 Å². The Hall–Kier alpha value is -2.20. The van der Waals surface area contributed by atoms with Gasteiger partial charge in [-0.1, -0.05) is 30.3 Å². The number of para-hydroxylation sites is 3. The number of phenolic OH excluding ortho intramolecular Hbond substituents is 1. The Kier molecular flexibility index (Phi) is 3.97. The largest absolute Gasteiger partial charge is 0.507 e. The highest BCUT2D eigenvalue weighted by Crippen LogP contribution is 2.30. The standard InChI is InChI=1S/C17H19NO3/c1-12-5-4-6-13(17(12)19)9-18-10-14-11-20-15-7-2-3-8-16(15)21-14/h2-8,14,18-19H,9-11H2,1H3. The first-order valence-corrected chi connectivity index (χ1v) is 7.10. The molecule has 0 saturated heterocycles. The Morgan fingerprint density at radius 3 is 2.81 bits per heavy atom. The van der Waals surface area contributed by atoms with Crippen LogP contribution in [-0.4, -0.2) is 24.4 Å². The summed E-state index contributed by atoms with van der Waals surface area (Å²) in [5.74, 6) is 1.94. The van der Waals surface area contributed by atoms with Gasteiger partial charge in [-0.2, -0.15) is 0 Å². The number of hydrogen-bond acceptors (Lipinski definition) is 4. The number of fused-ring (bicyclic) bond motifs is 1. The van der Waals surface area contributed by atoms with E-state index in [0.717, 1.165) is 22.6 Å². The van der Waals surface area contributed by atoms with Crippen molar-refractivity contribution in [2.45, 2.75) is 19.6 Å². The second-order valence-corrected chi connectivity index (χ2v) is 5.21. The molecule has 1 heterocycles. The highest BCUT2D eigenvalue weighted by Gasteiger charge is 2.20. The van der Waals surface area contributed by atoms with Gasteiger partial charge >= 0.3 is 0 Å². The van der Waals surface area contributed by atoms with E-state index >= 15 is 0 Å². The predicted octanol–water partition coefficient (Wildman–Crippen LogP) is 2.63. The predicted molar refractivity (Wildman–Crippen MR) is 80.9 cm³/mol. The van der Waals surface area contributed by atoms with Crippen LogP contribution in [-0.2, 0) is 6.54 Å². The minimum absolute atomic E-state index is 0.0214. The lowest BCUT2D eigenvalue weighted by Gasteiger charge is -2.26. The lowest BCUT2D eigenvalue weighted by Crippen LogP contribution is -2.38. The average Bonchev–Trinajstić information content (AvgIpc) is 2.51.